The Balaban J connectivity index is 3.07. The molecule has 0 aromatic carbocycles. The Kier molecular flexibility index (Phi) is 24.0. The van der Waals surface area contributed by atoms with Crippen molar-refractivity contribution in [2.24, 2.45) is 0 Å². The third kappa shape index (κ3) is 23.5. The second kappa shape index (κ2) is 24.5. The first kappa shape index (κ1) is 27.5. The van der Waals surface area contributed by atoms with Crippen LogP contribution in [0.25, 0.3) is 0 Å². The minimum atomic E-state index is 0.257. The molecule has 28 heavy (non-hydrogen) atoms. The van der Waals surface area contributed by atoms with E-state index in [0.29, 0.717) is 0 Å². The summed E-state index contributed by atoms with van der Waals surface area (Å²) in [5.41, 5.74) is 0. The molecular formula is C26H53NO. The minimum absolute atomic E-state index is 0.257. The van der Waals surface area contributed by atoms with Crippen molar-refractivity contribution in [2.45, 2.75) is 155 Å². The molecule has 0 spiro atoms. The van der Waals surface area contributed by atoms with Crippen molar-refractivity contribution in [3.8, 4) is 0 Å². The zero-order valence-corrected chi connectivity index (χ0v) is 19.7. The van der Waals surface area contributed by atoms with E-state index in [1.165, 1.54) is 122 Å². The number of unbranched alkanes of at least 4 members (excludes halogenated alkanes) is 19. The number of hydrogen-bond donors (Lipinski definition) is 1. The quantitative estimate of drug-likeness (QED) is 0.172. The fourth-order valence-electron chi connectivity index (χ4n) is 3.88. The van der Waals surface area contributed by atoms with Crippen molar-refractivity contribution in [3.63, 3.8) is 0 Å². The zero-order valence-electron chi connectivity index (χ0n) is 19.7. The van der Waals surface area contributed by atoms with E-state index >= 15 is 0 Å². The molecule has 2 nitrogen and oxygen atoms in total. The van der Waals surface area contributed by atoms with Gasteiger partial charge in [-0.3, -0.25) is 4.79 Å². The van der Waals surface area contributed by atoms with Crippen molar-refractivity contribution in [3.05, 3.63) is 0 Å². The highest BCUT2D eigenvalue weighted by Gasteiger charge is 2.00. The molecule has 0 radical (unpaired) electrons. The molecule has 0 saturated heterocycles. The summed E-state index contributed by atoms with van der Waals surface area (Å²) in [6.07, 6.45) is 29.4. The molecule has 0 atom stereocenters. The summed E-state index contributed by atoms with van der Waals surface area (Å²) in [7, 11) is 0. The first-order valence-electron chi connectivity index (χ1n) is 13.1. The van der Waals surface area contributed by atoms with Gasteiger partial charge >= 0.3 is 0 Å². The SMILES string of the molecule is CCCCCCCCCCCCCCCCCCCCC(=O)NCCCCC. The van der Waals surface area contributed by atoms with Gasteiger partial charge in [0.25, 0.3) is 0 Å². The first-order valence-corrected chi connectivity index (χ1v) is 13.1. The Labute approximate surface area is 178 Å². The van der Waals surface area contributed by atoms with Crippen molar-refractivity contribution in [1.82, 2.24) is 5.32 Å². The molecule has 0 aliphatic rings. The van der Waals surface area contributed by atoms with Crippen LogP contribution in [0.15, 0.2) is 0 Å². The van der Waals surface area contributed by atoms with Crippen LogP contribution < -0.4 is 5.32 Å². The molecule has 0 aromatic heterocycles. The minimum Gasteiger partial charge on any atom is -0.356 e. The Hall–Kier alpha value is -0.530. The van der Waals surface area contributed by atoms with Gasteiger partial charge in [0.1, 0.15) is 0 Å². The van der Waals surface area contributed by atoms with Gasteiger partial charge < -0.3 is 5.32 Å². The molecule has 2 heteroatoms. The Morgan fingerprint density at radius 1 is 0.464 bits per heavy atom. The molecule has 0 aliphatic carbocycles. The highest BCUT2D eigenvalue weighted by atomic mass is 16.1. The lowest BCUT2D eigenvalue weighted by molar-refractivity contribution is -0.121. The van der Waals surface area contributed by atoms with Gasteiger partial charge in [0.05, 0.1) is 0 Å². The van der Waals surface area contributed by atoms with E-state index in [1.54, 1.807) is 0 Å². The first-order chi connectivity index (χ1) is 13.8. The van der Waals surface area contributed by atoms with Gasteiger partial charge in [-0.15, -0.1) is 0 Å². The molecule has 0 unspecified atom stereocenters. The van der Waals surface area contributed by atoms with Crippen molar-refractivity contribution >= 4 is 5.91 Å². The Bertz CT molecular complexity index is 303. The lowest BCUT2D eigenvalue weighted by Gasteiger charge is -2.05. The number of amides is 1. The molecule has 0 fully saturated rings. The predicted octanol–water partition coefficient (Wildman–Crippen LogP) is 8.72. The maximum Gasteiger partial charge on any atom is 0.219 e. The van der Waals surface area contributed by atoms with E-state index in [1.807, 2.05) is 0 Å². The molecule has 0 saturated carbocycles. The lowest BCUT2D eigenvalue weighted by atomic mass is 10.0. The summed E-state index contributed by atoms with van der Waals surface area (Å²) in [5.74, 6) is 0.257. The van der Waals surface area contributed by atoms with Gasteiger partial charge in [0, 0.05) is 13.0 Å². The average molecular weight is 396 g/mol. The van der Waals surface area contributed by atoms with Gasteiger partial charge in [-0.25, -0.2) is 0 Å². The van der Waals surface area contributed by atoms with Gasteiger partial charge in [0.15, 0.2) is 0 Å². The number of carbonyl (C=O) groups is 1. The van der Waals surface area contributed by atoms with Gasteiger partial charge in [-0.2, -0.15) is 0 Å². The Morgan fingerprint density at radius 2 is 0.786 bits per heavy atom. The van der Waals surface area contributed by atoms with Gasteiger partial charge in [-0.1, -0.05) is 136 Å². The largest absolute Gasteiger partial charge is 0.356 e. The summed E-state index contributed by atoms with van der Waals surface area (Å²) in [5, 5.41) is 3.04. The van der Waals surface area contributed by atoms with Crippen LogP contribution in [-0.2, 0) is 4.79 Å². The summed E-state index contributed by atoms with van der Waals surface area (Å²) in [6.45, 7) is 5.35. The summed E-state index contributed by atoms with van der Waals surface area (Å²) in [6, 6.07) is 0. The van der Waals surface area contributed by atoms with Gasteiger partial charge in [-0.05, 0) is 12.8 Å². The molecule has 168 valence electrons. The summed E-state index contributed by atoms with van der Waals surface area (Å²) >= 11 is 0. The second-order valence-electron chi connectivity index (χ2n) is 8.82. The fourth-order valence-corrected chi connectivity index (χ4v) is 3.88. The van der Waals surface area contributed by atoms with E-state index < -0.39 is 0 Å². The van der Waals surface area contributed by atoms with Crippen LogP contribution in [-0.4, -0.2) is 12.5 Å². The molecule has 0 bridgehead atoms. The maximum atomic E-state index is 11.7. The maximum absolute atomic E-state index is 11.7. The fraction of sp³-hybridized carbons (Fsp3) is 0.962. The molecule has 0 aliphatic heterocycles. The Morgan fingerprint density at radius 3 is 1.18 bits per heavy atom. The van der Waals surface area contributed by atoms with Crippen molar-refractivity contribution < 1.29 is 4.79 Å². The van der Waals surface area contributed by atoms with E-state index in [-0.39, 0.29) is 5.91 Å². The third-order valence-electron chi connectivity index (χ3n) is 5.86. The number of carbonyl (C=O) groups excluding carboxylic acids is 1. The van der Waals surface area contributed by atoms with E-state index in [4.69, 9.17) is 0 Å². The molecule has 0 aromatic rings. The summed E-state index contributed by atoms with van der Waals surface area (Å²) in [4.78, 5) is 11.7. The third-order valence-corrected chi connectivity index (χ3v) is 5.86. The monoisotopic (exact) mass is 395 g/mol. The number of rotatable bonds is 23. The molecular weight excluding hydrogens is 342 g/mol. The zero-order chi connectivity index (χ0) is 20.5. The molecule has 0 heterocycles. The normalized spacial score (nSPS) is 11.1. The van der Waals surface area contributed by atoms with Crippen LogP contribution in [0, 0.1) is 0 Å². The second-order valence-corrected chi connectivity index (χ2v) is 8.82. The van der Waals surface area contributed by atoms with Crippen LogP contribution in [0.4, 0.5) is 0 Å². The smallest absolute Gasteiger partial charge is 0.219 e. The number of hydrogen-bond acceptors (Lipinski definition) is 1. The van der Waals surface area contributed by atoms with Crippen LogP contribution in [0.5, 0.6) is 0 Å². The van der Waals surface area contributed by atoms with Crippen LogP contribution in [0.1, 0.15) is 155 Å². The summed E-state index contributed by atoms with van der Waals surface area (Å²) < 4.78 is 0. The van der Waals surface area contributed by atoms with Crippen molar-refractivity contribution in [1.29, 1.82) is 0 Å². The molecule has 1 amide bonds. The standard InChI is InChI=1S/C26H53NO/c1-3-5-7-8-9-10-11-12-13-14-15-16-17-18-19-20-21-22-24-26(28)27-25-23-6-4-2/h3-25H2,1-2H3,(H,27,28). The molecule has 0 rings (SSSR count). The predicted molar refractivity (Wildman–Crippen MR) is 126 cm³/mol. The molecule has 1 N–H and O–H groups in total. The highest BCUT2D eigenvalue weighted by molar-refractivity contribution is 5.75. The van der Waals surface area contributed by atoms with Crippen LogP contribution >= 0.6 is 0 Å². The van der Waals surface area contributed by atoms with Crippen molar-refractivity contribution in [2.75, 3.05) is 6.54 Å². The van der Waals surface area contributed by atoms with E-state index in [2.05, 4.69) is 19.2 Å². The van der Waals surface area contributed by atoms with Gasteiger partial charge in [0.2, 0.25) is 5.91 Å². The van der Waals surface area contributed by atoms with E-state index in [9.17, 15) is 4.79 Å². The lowest BCUT2D eigenvalue weighted by Crippen LogP contribution is -2.23. The van der Waals surface area contributed by atoms with Crippen LogP contribution in [0.2, 0.25) is 0 Å². The van der Waals surface area contributed by atoms with Crippen LogP contribution in [0.3, 0.4) is 0 Å². The highest BCUT2D eigenvalue weighted by Crippen LogP contribution is 2.14. The number of nitrogens with one attached hydrogen (secondary N) is 1. The average Bonchev–Trinajstić information content (AvgIpc) is 2.70. The van der Waals surface area contributed by atoms with E-state index in [0.717, 1.165) is 25.8 Å². The topological polar surface area (TPSA) is 29.1 Å².